The number of hydrogen-bond acceptors (Lipinski definition) is 3. The molecule has 0 radical (unpaired) electrons. The Morgan fingerprint density at radius 2 is 1.95 bits per heavy atom. The van der Waals surface area contributed by atoms with E-state index in [1.54, 1.807) is 6.92 Å². The first-order valence-electron chi connectivity index (χ1n) is 7.36. The molecule has 1 aromatic carbocycles. The Bertz CT molecular complexity index is 493. The van der Waals surface area contributed by atoms with Crippen molar-refractivity contribution in [1.82, 2.24) is 0 Å². The van der Waals surface area contributed by atoms with Gasteiger partial charge in [0.15, 0.2) is 17.4 Å². The van der Waals surface area contributed by atoms with Crippen LogP contribution in [0.2, 0.25) is 0 Å². The Morgan fingerprint density at radius 3 is 2.52 bits per heavy atom. The summed E-state index contributed by atoms with van der Waals surface area (Å²) in [6.45, 7) is 4.31. The van der Waals surface area contributed by atoms with Crippen LogP contribution in [-0.2, 0) is 9.53 Å². The average Bonchev–Trinajstić information content (AvgIpc) is 3.22. The van der Waals surface area contributed by atoms with Gasteiger partial charge in [0.1, 0.15) is 0 Å². The minimum atomic E-state index is -0.712. The lowest BCUT2D eigenvalue weighted by Gasteiger charge is -2.10. The van der Waals surface area contributed by atoms with Crippen LogP contribution in [0.5, 0.6) is 5.75 Å². The molecule has 0 spiro atoms. The van der Waals surface area contributed by atoms with Gasteiger partial charge in [-0.1, -0.05) is 13.3 Å². The third-order valence-electron chi connectivity index (χ3n) is 3.57. The molecule has 2 unspecified atom stereocenters. The monoisotopic (exact) mass is 298 g/mol. The highest BCUT2D eigenvalue weighted by Crippen LogP contribution is 2.49. The van der Waals surface area contributed by atoms with E-state index in [9.17, 15) is 13.6 Å². The van der Waals surface area contributed by atoms with Gasteiger partial charge in [-0.2, -0.15) is 0 Å². The summed E-state index contributed by atoms with van der Waals surface area (Å²) in [4.78, 5) is 11.6. The number of rotatable bonds is 7. The number of benzene rings is 1. The van der Waals surface area contributed by atoms with Crippen molar-refractivity contribution in [2.45, 2.75) is 39.0 Å². The minimum absolute atomic E-state index is 0.155. The quantitative estimate of drug-likeness (QED) is 0.567. The number of hydrogen-bond donors (Lipinski definition) is 0. The molecule has 116 valence electrons. The summed E-state index contributed by atoms with van der Waals surface area (Å²) in [6.07, 6.45) is 2.21. The molecule has 5 heteroatoms. The van der Waals surface area contributed by atoms with E-state index in [1.807, 2.05) is 6.92 Å². The van der Waals surface area contributed by atoms with Crippen LogP contribution >= 0.6 is 0 Å². The van der Waals surface area contributed by atoms with Crippen molar-refractivity contribution in [3.8, 4) is 5.75 Å². The molecule has 0 N–H and O–H groups in total. The molecule has 0 aromatic heterocycles. The number of halogens is 2. The summed E-state index contributed by atoms with van der Waals surface area (Å²) in [5.74, 6) is -2.49. The maximum Gasteiger partial charge on any atom is 0.309 e. The predicted octanol–water partition coefficient (Wildman–Crippen LogP) is 3.81. The van der Waals surface area contributed by atoms with Crippen molar-refractivity contribution in [2.75, 3.05) is 13.2 Å². The zero-order valence-corrected chi connectivity index (χ0v) is 12.3. The number of carbonyl (C=O) groups excluding carboxylic acids is 1. The normalized spacial score (nSPS) is 20.2. The standard InChI is InChI=1S/C16H20F2O3/c1-3-5-6-21-15-13(17)7-10(8-14(15)18)11-9-12(11)16(19)20-4-2/h7-8,11-12H,3-6,9H2,1-2H3. The predicted molar refractivity (Wildman–Crippen MR) is 74.2 cm³/mol. The van der Waals surface area contributed by atoms with Crippen LogP contribution in [-0.4, -0.2) is 19.2 Å². The Labute approximate surface area is 123 Å². The van der Waals surface area contributed by atoms with Gasteiger partial charge in [0.25, 0.3) is 0 Å². The van der Waals surface area contributed by atoms with Gasteiger partial charge >= 0.3 is 5.97 Å². The summed E-state index contributed by atoms with van der Waals surface area (Å²) in [5.41, 5.74) is 0.492. The molecule has 3 nitrogen and oxygen atoms in total. The van der Waals surface area contributed by atoms with Gasteiger partial charge in [-0.25, -0.2) is 8.78 Å². The molecular formula is C16H20F2O3. The molecule has 0 bridgehead atoms. The highest BCUT2D eigenvalue weighted by Gasteiger charge is 2.45. The van der Waals surface area contributed by atoms with Crippen molar-refractivity contribution >= 4 is 5.97 Å². The molecule has 1 fully saturated rings. The molecule has 0 amide bonds. The molecule has 1 aliphatic rings. The zero-order valence-electron chi connectivity index (χ0n) is 12.3. The Balaban J connectivity index is 2.05. The second-order valence-electron chi connectivity index (χ2n) is 5.22. The molecule has 0 aliphatic heterocycles. The average molecular weight is 298 g/mol. The van der Waals surface area contributed by atoms with E-state index in [4.69, 9.17) is 9.47 Å². The third kappa shape index (κ3) is 3.71. The molecule has 2 atom stereocenters. The maximum atomic E-state index is 13.9. The highest BCUT2D eigenvalue weighted by molar-refractivity contribution is 5.77. The van der Waals surface area contributed by atoms with Crippen LogP contribution in [0.25, 0.3) is 0 Å². The highest BCUT2D eigenvalue weighted by atomic mass is 19.1. The van der Waals surface area contributed by atoms with Gasteiger partial charge in [0, 0.05) is 0 Å². The molecule has 0 heterocycles. The fourth-order valence-electron chi connectivity index (χ4n) is 2.32. The second-order valence-corrected chi connectivity index (χ2v) is 5.22. The third-order valence-corrected chi connectivity index (χ3v) is 3.57. The van der Waals surface area contributed by atoms with Gasteiger partial charge in [-0.15, -0.1) is 0 Å². The Kier molecular flexibility index (Phi) is 5.15. The Morgan fingerprint density at radius 1 is 1.29 bits per heavy atom. The van der Waals surface area contributed by atoms with E-state index in [0.717, 1.165) is 12.8 Å². The van der Waals surface area contributed by atoms with Gasteiger partial charge in [-0.05, 0) is 43.4 Å². The lowest BCUT2D eigenvalue weighted by atomic mass is 10.1. The van der Waals surface area contributed by atoms with E-state index < -0.39 is 11.6 Å². The summed E-state index contributed by atoms with van der Waals surface area (Å²) in [5, 5.41) is 0. The first-order chi connectivity index (χ1) is 10.1. The first kappa shape index (κ1) is 15.7. The van der Waals surface area contributed by atoms with Crippen LogP contribution in [0.4, 0.5) is 8.78 Å². The molecule has 1 saturated carbocycles. The molecule has 0 saturated heterocycles. The molecule has 1 aliphatic carbocycles. The number of ether oxygens (including phenoxy) is 2. The lowest BCUT2D eigenvalue weighted by molar-refractivity contribution is -0.144. The lowest BCUT2D eigenvalue weighted by Crippen LogP contribution is -2.07. The number of unbranched alkanes of at least 4 members (excludes halogenated alkanes) is 1. The van der Waals surface area contributed by atoms with Crippen molar-refractivity contribution in [2.24, 2.45) is 5.92 Å². The van der Waals surface area contributed by atoms with E-state index >= 15 is 0 Å². The SMILES string of the molecule is CCCCOc1c(F)cc(C2CC2C(=O)OCC)cc1F. The first-order valence-corrected chi connectivity index (χ1v) is 7.36. The molecule has 2 rings (SSSR count). The van der Waals surface area contributed by atoms with Crippen LogP contribution in [0, 0.1) is 17.6 Å². The fraction of sp³-hybridized carbons (Fsp3) is 0.562. The van der Waals surface area contributed by atoms with E-state index in [0.29, 0.717) is 25.2 Å². The number of carbonyl (C=O) groups is 1. The summed E-state index contributed by atoms with van der Waals surface area (Å²) >= 11 is 0. The molecule has 21 heavy (non-hydrogen) atoms. The fourth-order valence-corrected chi connectivity index (χ4v) is 2.32. The van der Waals surface area contributed by atoms with E-state index in [2.05, 4.69) is 0 Å². The largest absolute Gasteiger partial charge is 0.488 e. The van der Waals surface area contributed by atoms with E-state index in [1.165, 1.54) is 12.1 Å². The van der Waals surface area contributed by atoms with Crippen LogP contribution < -0.4 is 4.74 Å². The van der Waals surface area contributed by atoms with Gasteiger partial charge in [0.05, 0.1) is 19.1 Å². The topological polar surface area (TPSA) is 35.5 Å². The summed E-state index contributed by atoms with van der Waals surface area (Å²) < 4.78 is 37.9. The van der Waals surface area contributed by atoms with Gasteiger partial charge in [-0.3, -0.25) is 4.79 Å². The second kappa shape index (κ2) is 6.87. The van der Waals surface area contributed by atoms with Crippen molar-refractivity contribution in [3.63, 3.8) is 0 Å². The zero-order chi connectivity index (χ0) is 15.4. The maximum absolute atomic E-state index is 13.9. The summed E-state index contributed by atoms with van der Waals surface area (Å²) in [6, 6.07) is 2.52. The van der Waals surface area contributed by atoms with Crippen LogP contribution in [0.1, 0.15) is 44.6 Å². The van der Waals surface area contributed by atoms with Gasteiger partial charge in [0.2, 0.25) is 0 Å². The van der Waals surface area contributed by atoms with Crippen molar-refractivity contribution in [1.29, 1.82) is 0 Å². The van der Waals surface area contributed by atoms with Gasteiger partial charge < -0.3 is 9.47 Å². The molecule has 1 aromatic rings. The van der Waals surface area contributed by atoms with Crippen molar-refractivity contribution in [3.05, 3.63) is 29.3 Å². The minimum Gasteiger partial charge on any atom is -0.488 e. The smallest absolute Gasteiger partial charge is 0.309 e. The van der Waals surface area contributed by atoms with Crippen LogP contribution in [0.15, 0.2) is 12.1 Å². The molecular weight excluding hydrogens is 278 g/mol. The van der Waals surface area contributed by atoms with E-state index in [-0.39, 0.29) is 23.6 Å². The van der Waals surface area contributed by atoms with Crippen LogP contribution in [0.3, 0.4) is 0 Å². The number of esters is 1. The summed E-state index contributed by atoms with van der Waals surface area (Å²) in [7, 11) is 0. The van der Waals surface area contributed by atoms with Crippen molar-refractivity contribution < 1.29 is 23.0 Å². The Hall–Kier alpha value is -1.65.